The average Bonchev–Trinajstić information content (AvgIpc) is 3.18. The molecule has 6 nitrogen and oxygen atoms in total. The van der Waals surface area contributed by atoms with Gasteiger partial charge in [0.25, 0.3) is 0 Å². The smallest absolute Gasteiger partial charge is 0.481 e. The highest BCUT2D eigenvalue weighted by Crippen LogP contribution is 2.43. The standard InChI is InChI=1S/C29H31FNO5P/c1-19(2)28-25(11-8-16-36-37(35)18-24(32)17-26(33)34)27(21-12-14-23(30)15-13-21)29(31(28)20(3)4)22-9-6-5-7-10-22/h5-7,9-10,12-15,19-20,24,32H,16-18H2,1-4H3/p+1. The van der Waals surface area contributed by atoms with Gasteiger partial charge in [-0.2, -0.15) is 0 Å². The number of hydrogen-bond acceptors (Lipinski definition) is 4. The number of halogens is 1. The van der Waals surface area contributed by atoms with Crippen molar-refractivity contribution in [2.24, 2.45) is 0 Å². The molecular weight excluding hydrogens is 492 g/mol. The molecule has 2 atom stereocenters. The van der Waals surface area contributed by atoms with Crippen molar-refractivity contribution in [2.45, 2.75) is 52.2 Å². The molecule has 0 saturated carbocycles. The maximum absolute atomic E-state index is 13.8. The van der Waals surface area contributed by atoms with E-state index >= 15 is 0 Å². The molecule has 2 aromatic carbocycles. The Kier molecular flexibility index (Phi) is 9.77. The summed E-state index contributed by atoms with van der Waals surface area (Å²) in [5.74, 6) is 4.80. The quantitative estimate of drug-likeness (QED) is 0.230. The second-order valence-corrected chi connectivity index (χ2v) is 10.6. The number of aliphatic hydroxyl groups is 1. The van der Waals surface area contributed by atoms with Crippen LogP contribution in [0.3, 0.4) is 0 Å². The van der Waals surface area contributed by atoms with E-state index in [1.54, 1.807) is 12.1 Å². The van der Waals surface area contributed by atoms with Gasteiger partial charge in [-0.05, 0) is 47.6 Å². The number of aliphatic carboxylic acids is 1. The van der Waals surface area contributed by atoms with Crippen molar-refractivity contribution in [3.8, 4) is 34.2 Å². The summed E-state index contributed by atoms with van der Waals surface area (Å²) in [6.07, 6.45) is -2.02. The van der Waals surface area contributed by atoms with Gasteiger partial charge in [0.2, 0.25) is 6.16 Å². The van der Waals surface area contributed by atoms with Crippen LogP contribution in [0.5, 0.6) is 0 Å². The third kappa shape index (κ3) is 7.14. The average molecular weight is 525 g/mol. The summed E-state index contributed by atoms with van der Waals surface area (Å²) < 4.78 is 33.5. The predicted molar refractivity (Wildman–Crippen MR) is 143 cm³/mol. The van der Waals surface area contributed by atoms with E-state index in [-0.39, 0.29) is 30.5 Å². The second-order valence-electron chi connectivity index (χ2n) is 9.32. The van der Waals surface area contributed by atoms with Crippen molar-refractivity contribution in [1.29, 1.82) is 0 Å². The third-order valence-electron chi connectivity index (χ3n) is 5.75. The number of aliphatic hydroxyl groups excluding tert-OH is 1. The number of nitrogens with zero attached hydrogens (tertiary/aromatic N) is 1. The molecule has 2 unspecified atom stereocenters. The first-order chi connectivity index (χ1) is 17.6. The Morgan fingerprint density at radius 1 is 1.05 bits per heavy atom. The van der Waals surface area contributed by atoms with Crippen LogP contribution < -0.4 is 0 Å². The zero-order valence-electron chi connectivity index (χ0n) is 21.4. The van der Waals surface area contributed by atoms with Crippen molar-refractivity contribution < 1.29 is 28.5 Å². The van der Waals surface area contributed by atoms with E-state index in [1.165, 1.54) is 12.1 Å². The van der Waals surface area contributed by atoms with Crippen molar-refractivity contribution in [1.82, 2.24) is 4.57 Å². The van der Waals surface area contributed by atoms with Crippen molar-refractivity contribution in [2.75, 3.05) is 12.8 Å². The van der Waals surface area contributed by atoms with Crippen LogP contribution >= 0.6 is 8.03 Å². The maximum Gasteiger partial charge on any atom is 0.511 e. The lowest BCUT2D eigenvalue weighted by atomic mass is 9.95. The highest BCUT2D eigenvalue weighted by atomic mass is 31.1. The van der Waals surface area contributed by atoms with Gasteiger partial charge in [-0.1, -0.05) is 68.2 Å². The molecule has 0 aliphatic carbocycles. The number of hydrogen-bond donors (Lipinski definition) is 2. The van der Waals surface area contributed by atoms with E-state index in [1.807, 2.05) is 30.3 Å². The first-order valence-electron chi connectivity index (χ1n) is 12.2. The molecule has 2 N–H and O–H groups in total. The minimum absolute atomic E-state index is 0.115. The van der Waals surface area contributed by atoms with Crippen LogP contribution in [0.4, 0.5) is 4.39 Å². The first-order valence-corrected chi connectivity index (χ1v) is 13.5. The fraction of sp³-hybridized carbons (Fsp3) is 0.345. The molecule has 0 amide bonds. The Hall–Kier alpha value is -3.30. The van der Waals surface area contributed by atoms with Crippen LogP contribution in [-0.2, 0) is 13.9 Å². The van der Waals surface area contributed by atoms with Crippen LogP contribution in [0.1, 0.15) is 57.3 Å². The molecule has 0 saturated heterocycles. The topological polar surface area (TPSA) is 88.8 Å². The number of aromatic nitrogens is 1. The van der Waals surface area contributed by atoms with Crippen LogP contribution in [0.15, 0.2) is 54.6 Å². The summed E-state index contributed by atoms with van der Waals surface area (Å²) in [6.45, 7) is 8.27. The summed E-state index contributed by atoms with van der Waals surface area (Å²) in [5.41, 5.74) is 5.53. The number of rotatable bonds is 10. The zero-order chi connectivity index (χ0) is 27.1. The minimum Gasteiger partial charge on any atom is -0.481 e. The molecule has 37 heavy (non-hydrogen) atoms. The molecule has 8 heteroatoms. The summed E-state index contributed by atoms with van der Waals surface area (Å²) in [4.78, 5) is 10.7. The van der Waals surface area contributed by atoms with E-state index in [9.17, 15) is 18.9 Å². The van der Waals surface area contributed by atoms with Crippen molar-refractivity contribution in [3.63, 3.8) is 0 Å². The molecule has 3 rings (SSSR count). The number of carboxylic acid groups (broad SMARTS) is 1. The molecule has 1 heterocycles. The summed E-state index contributed by atoms with van der Waals surface area (Å²) >= 11 is 0. The lowest BCUT2D eigenvalue weighted by Crippen LogP contribution is -2.15. The second kappa shape index (κ2) is 12.8. The van der Waals surface area contributed by atoms with Crippen LogP contribution in [0.2, 0.25) is 0 Å². The summed E-state index contributed by atoms with van der Waals surface area (Å²) in [6, 6.07) is 16.5. The third-order valence-corrected chi connectivity index (χ3v) is 6.89. The normalized spacial score (nSPS) is 12.4. The monoisotopic (exact) mass is 524 g/mol. The van der Waals surface area contributed by atoms with Gasteiger partial charge in [-0.3, -0.25) is 4.79 Å². The minimum atomic E-state index is -2.27. The Bertz CT molecular complexity index is 1300. The van der Waals surface area contributed by atoms with Gasteiger partial charge in [0.05, 0.1) is 17.7 Å². The van der Waals surface area contributed by atoms with Crippen molar-refractivity contribution >= 4 is 14.0 Å². The Morgan fingerprint density at radius 2 is 1.70 bits per heavy atom. The van der Waals surface area contributed by atoms with Gasteiger partial charge in [0, 0.05) is 17.3 Å². The van der Waals surface area contributed by atoms with Crippen LogP contribution in [0, 0.1) is 17.7 Å². The summed E-state index contributed by atoms with van der Waals surface area (Å²) in [5, 5.41) is 18.4. The predicted octanol–water partition coefficient (Wildman–Crippen LogP) is 6.61. The van der Waals surface area contributed by atoms with Gasteiger partial charge in [0.1, 0.15) is 11.9 Å². The van der Waals surface area contributed by atoms with Crippen LogP contribution in [0.25, 0.3) is 22.4 Å². The van der Waals surface area contributed by atoms with E-state index in [0.29, 0.717) is 0 Å². The SMILES string of the molecule is CC(C)c1c(C#CCO[P+](=O)CC(O)CC(=O)O)c(-c2ccc(F)cc2)c(-c2ccccc2)n1C(C)C. The first kappa shape index (κ1) is 28.3. The fourth-order valence-corrected chi connectivity index (χ4v) is 5.12. The molecule has 0 bridgehead atoms. The molecule has 0 aliphatic rings. The molecule has 0 fully saturated rings. The molecule has 0 aliphatic heterocycles. The van der Waals surface area contributed by atoms with Gasteiger partial charge >= 0.3 is 14.0 Å². The lowest BCUT2D eigenvalue weighted by molar-refractivity contribution is -0.138. The van der Waals surface area contributed by atoms with Gasteiger partial charge in [-0.25, -0.2) is 4.39 Å². The number of benzene rings is 2. The Morgan fingerprint density at radius 3 is 2.27 bits per heavy atom. The van der Waals surface area contributed by atoms with E-state index in [2.05, 4.69) is 44.1 Å². The number of carbonyl (C=O) groups is 1. The van der Waals surface area contributed by atoms with Gasteiger partial charge < -0.3 is 14.8 Å². The molecular formula is C29H32FNO5P+. The molecule has 1 aromatic heterocycles. The van der Waals surface area contributed by atoms with E-state index in [4.69, 9.17) is 9.63 Å². The van der Waals surface area contributed by atoms with Gasteiger partial charge in [-0.15, -0.1) is 4.52 Å². The van der Waals surface area contributed by atoms with Gasteiger partial charge in [0.15, 0.2) is 6.61 Å². The Labute approximate surface area is 218 Å². The van der Waals surface area contributed by atoms with E-state index in [0.717, 1.165) is 33.6 Å². The molecule has 0 spiro atoms. The van der Waals surface area contributed by atoms with E-state index < -0.39 is 26.5 Å². The largest absolute Gasteiger partial charge is 0.511 e. The Balaban J connectivity index is 2.10. The lowest BCUT2D eigenvalue weighted by Gasteiger charge is -2.20. The highest BCUT2D eigenvalue weighted by Gasteiger charge is 2.28. The molecule has 3 aromatic rings. The fourth-order valence-electron chi connectivity index (χ4n) is 4.33. The zero-order valence-corrected chi connectivity index (χ0v) is 22.3. The highest BCUT2D eigenvalue weighted by molar-refractivity contribution is 7.39. The van der Waals surface area contributed by atoms with Crippen LogP contribution in [-0.4, -0.2) is 39.6 Å². The van der Waals surface area contributed by atoms with Crippen molar-refractivity contribution in [3.05, 3.63) is 71.7 Å². The summed E-state index contributed by atoms with van der Waals surface area (Å²) in [7, 11) is -2.27. The molecule has 0 radical (unpaired) electrons. The maximum atomic E-state index is 13.8. The molecule has 194 valence electrons. The number of carboxylic acids is 1.